The molecule has 1 heterocycles. The average Bonchev–Trinajstić information content (AvgIpc) is 2.80. The summed E-state index contributed by atoms with van der Waals surface area (Å²) in [6.45, 7) is 6.76. The average molecular weight is 529 g/mol. The van der Waals surface area contributed by atoms with Gasteiger partial charge in [0.1, 0.15) is 41.8 Å². The van der Waals surface area contributed by atoms with E-state index in [1.807, 2.05) is 0 Å². The van der Waals surface area contributed by atoms with Crippen molar-refractivity contribution in [1.29, 1.82) is 0 Å². The highest BCUT2D eigenvalue weighted by Crippen LogP contribution is 2.47. The molecule has 3 rings (SSSR count). The molecular weight excluding hydrogens is 501 g/mol. The van der Waals surface area contributed by atoms with E-state index in [1.54, 1.807) is 38.1 Å². The minimum Gasteiger partial charge on any atom is -0.490 e. The molecule has 1 N–H and O–H groups in total. The Morgan fingerprint density at radius 1 is 1.03 bits per heavy atom. The molecule has 0 saturated heterocycles. The summed E-state index contributed by atoms with van der Waals surface area (Å²) in [4.78, 5) is 11.6. The van der Waals surface area contributed by atoms with Gasteiger partial charge in [0.2, 0.25) is 5.60 Å². The van der Waals surface area contributed by atoms with E-state index in [4.69, 9.17) is 30.5 Å². The predicted molar refractivity (Wildman–Crippen MR) is 129 cm³/mol. The fourth-order valence-corrected chi connectivity index (χ4v) is 4.01. The Labute approximate surface area is 212 Å². The lowest BCUT2D eigenvalue weighted by Gasteiger charge is -2.32. The Morgan fingerprint density at radius 3 is 2.17 bits per heavy atom. The van der Waals surface area contributed by atoms with E-state index < -0.39 is 28.9 Å². The molecule has 0 radical (unpaired) electrons. The number of carbonyl (C=O) groups is 1. The van der Waals surface area contributed by atoms with Crippen molar-refractivity contribution in [3.63, 3.8) is 0 Å². The van der Waals surface area contributed by atoms with E-state index >= 15 is 0 Å². The van der Waals surface area contributed by atoms with Crippen LogP contribution in [0.25, 0.3) is 5.57 Å². The third-order valence-corrected chi connectivity index (χ3v) is 6.07. The lowest BCUT2D eigenvalue weighted by Crippen LogP contribution is -2.43. The summed E-state index contributed by atoms with van der Waals surface area (Å²) in [7, 11) is 0. The van der Waals surface area contributed by atoms with Gasteiger partial charge in [0.05, 0.1) is 10.6 Å². The van der Waals surface area contributed by atoms with Crippen LogP contribution in [0.5, 0.6) is 23.0 Å². The van der Waals surface area contributed by atoms with Crippen molar-refractivity contribution in [3.8, 4) is 23.0 Å². The van der Waals surface area contributed by atoms with Crippen molar-refractivity contribution in [3.05, 3.63) is 53.1 Å². The van der Waals surface area contributed by atoms with Gasteiger partial charge < -0.3 is 24.1 Å². The molecule has 0 fully saturated rings. The molecule has 2 aromatic rings. The topological polar surface area (TPSA) is 74.2 Å². The van der Waals surface area contributed by atoms with E-state index in [0.29, 0.717) is 24.3 Å². The lowest BCUT2D eigenvalue weighted by molar-refractivity contribution is -0.156. The van der Waals surface area contributed by atoms with Gasteiger partial charge in [-0.25, -0.2) is 4.79 Å². The summed E-state index contributed by atoms with van der Waals surface area (Å²) in [5.41, 5.74) is -3.40. The number of carboxylic acids is 1. The maximum atomic E-state index is 13.5. The molecule has 196 valence electrons. The normalized spacial score (nSPS) is 14.8. The quantitative estimate of drug-likeness (QED) is 0.337. The van der Waals surface area contributed by atoms with Gasteiger partial charge in [0, 0.05) is 11.6 Å². The van der Waals surface area contributed by atoms with Gasteiger partial charge >= 0.3 is 12.1 Å². The Kier molecular flexibility index (Phi) is 8.03. The lowest BCUT2D eigenvalue weighted by atomic mass is 9.94. The minimum atomic E-state index is -4.56. The Hall–Kier alpha value is -3.07. The van der Waals surface area contributed by atoms with E-state index in [9.17, 15) is 23.1 Å². The molecule has 36 heavy (non-hydrogen) atoms. The van der Waals surface area contributed by atoms with Crippen molar-refractivity contribution >= 4 is 23.1 Å². The molecule has 0 bridgehead atoms. The molecular formula is C26H28ClF3O6. The predicted octanol–water partition coefficient (Wildman–Crippen LogP) is 6.94. The van der Waals surface area contributed by atoms with Crippen LogP contribution in [0, 0.1) is 0 Å². The minimum absolute atomic E-state index is 0.0162. The monoisotopic (exact) mass is 528 g/mol. The van der Waals surface area contributed by atoms with Crippen LogP contribution in [0.15, 0.2) is 42.5 Å². The molecule has 0 aromatic heterocycles. The Morgan fingerprint density at radius 2 is 1.61 bits per heavy atom. The molecule has 1 aliphatic rings. The number of rotatable bonds is 10. The standard InChI is InChI=1S/C26H28ClF3O6/c1-5-25(6-2,23(31)32)35-17-9-7-16(8-10-17)33-11-12-34-22-14-21-18(13-20(22)27)19(26(28,29)30)15-24(3,4)36-21/h7-10,13-15H,5-6,11-12H2,1-4H3,(H,31,32). The van der Waals surface area contributed by atoms with Crippen LogP contribution in [0.4, 0.5) is 13.2 Å². The van der Waals surface area contributed by atoms with Crippen LogP contribution in [-0.4, -0.2) is 41.7 Å². The van der Waals surface area contributed by atoms with Crippen molar-refractivity contribution < 1.29 is 42.0 Å². The Bertz CT molecular complexity index is 1120. The molecule has 0 amide bonds. The van der Waals surface area contributed by atoms with Gasteiger partial charge in [-0.05, 0) is 63.1 Å². The first-order valence-corrected chi connectivity index (χ1v) is 11.8. The van der Waals surface area contributed by atoms with E-state index in [-0.39, 0.29) is 35.3 Å². The Balaban J connectivity index is 1.61. The van der Waals surface area contributed by atoms with Crippen LogP contribution in [0.2, 0.25) is 5.02 Å². The number of ether oxygens (including phenoxy) is 4. The number of aliphatic carboxylic acids is 1. The number of hydrogen-bond donors (Lipinski definition) is 1. The van der Waals surface area contributed by atoms with Crippen molar-refractivity contribution in [2.24, 2.45) is 0 Å². The highest BCUT2D eigenvalue weighted by molar-refractivity contribution is 6.32. The summed E-state index contributed by atoms with van der Waals surface area (Å²) in [5, 5.41) is 9.52. The first kappa shape index (κ1) is 27.5. The zero-order valence-electron chi connectivity index (χ0n) is 20.4. The number of benzene rings is 2. The fourth-order valence-electron chi connectivity index (χ4n) is 3.79. The molecule has 0 aliphatic carbocycles. The summed E-state index contributed by atoms with van der Waals surface area (Å²) < 4.78 is 63.3. The summed E-state index contributed by atoms with van der Waals surface area (Å²) in [6, 6.07) is 9.04. The van der Waals surface area contributed by atoms with E-state index in [2.05, 4.69) is 0 Å². The molecule has 0 atom stereocenters. The number of allylic oxidation sites excluding steroid dienone is 1. The molecule has 0 unspecified atom stereocenters. The van der Waals surface area contributed by atoms with Crippen LogP contribution >= 0.6 is 11.6 Å². The SMILES string of the molecule is CCC(CC)(Oc1ccc(OCCOc2cc3c(cc2Cl)C(C(F)(F)F)=CC(C)(C)O3)cc1)C(=O)O. The second-order valence-corrected chi connectivity index (χ2v) is 9.22. The summed E-state index contributed by atoms with van der Waals surface area (Å²) in [5.74, 6) is 0.0843. The van der Waals surface area contributed by atoms with Crippen molar-refractivity contribution in [2.75, 3.05) is 13.2 Å². The molecule has 6 nitrogen and oxygen atoms in total. The number of halogens is 4. The molecule has 2 aromatic carbocycles. The van der Waals surface area contributed by atoms with Gasteiger partial charge in [0.25, 0.3) is 0 Å². The second kappa shape index (κ2) is 10.5. The number of fused-ring (bicyclic) bond motifs is 1. The zero-order chi connectivity index (χ0) is 26.7. The number of hydrogen-bond acceptors (Lipinski definition) is 5. The maximum Gasteiger partial charge on any atom is 0.416 e. The zero-order valence-corrected chi connectivity index (χ0v) is 21.1. The third-order valence-electron chi connectivity index (χ3n) is 5.77. The van der Waals surface area contributed by atoms with Crippen LogP contribution in [-0.2, 0) is 4.79 Å². The first-order valence-electron chi connectivity index (χ1n) is 11.4. The van der Waals surface area contributed by atoms with Crippen molar-refractivity contribution in [2.45, 2.75) is 57.9 Å². The largest absolute Gasteiger partial charge is 0.490 e. The number of alkyl halides is 3. The van der Waals surface area contributed by atoms with Gasteiger partial charge in [-0.2, -0.15) is 13.2 Å². The maximum absolute atomic E-state index is 13.5. The smallest absolute Gasteiger partial charge is 0.416 e. The van der Waals surface area contributed by atoms with Crippen LogP contribution in [0.1, 0.15) is 46.1 Å². The number of carboxylic acid groups (broad SMARTS) is 1. The van der Waals surface area contributed by atoms with Gasteiger partial charge in [-0.3, -0.25) is 0 Å². The fraction of sp³-hybridized carbons (Fsp3) is 0.423. The molecule has 0 saturated carbocycles. The highest BCUT2D eigenvalue weighted by atomic mass is 35.5. The third kappa shape index (κ3) is 6.19. The molecule has 1 aliphatic heterocycles. The van der Waals surface area contributed by atoms with Crippen LogP contribution in [0.3, 0.4) is 0 Å². The van der Waals surface area contributed by atoms with Crippen molar-refractivity contribution in [1.82, 2.24) is 0 Å². The summed E-state index contributed by atoms with van der Waals surface area (Å²) >= 11 is 6.19. The van der Waals surface area contributed by atoms with E-state index in [0.717, 1.165) is 6.08 Å². The van der Waals surface area contributed by atoms with Gasteiger partial charge in [-0.1, -0.05) is 25.4 Å². The van der Waals surface area contributed by atoms with Crippen LogP contribution < -0.4 is 18.9 Å². The summed E-state index contributed by atoms with van der Waals surface area (Å²) in [6.07, 6.45) is -2.90. The molecule has 10 heteroatoms. The van der Waals surface area contributed by atoms with Gasteiger partial charge in [0.15, 0.2) is 0 Å². The second-order valence-electron chi connectivity index (χ2n) is 8.82. The van der Waals surface area contributed by atoms with Gasteiger partial charge in [-0.15, -0.1) is 0 Å². The molecule has 0 spiro atoms. The first-order chi connectivity index (χ1) is 16.8. The highest BCUT2D eigenvalue weighted by Gasteiger charge is 2.42. The van der Waals surface area contributed by atoms with E-state index in [1.165, 1.54) is 26.0 Å².